The van der Waals surface area contributed by atoms with Gasteiger partial charge in [-0.2, -0.15) is 13.2 Å². The van der Waals surface area contributed by atoms with Crippen molar-refractivity contribution in [3.8, 4) is 0 Å². The van der Waals surface area contributed by atoms with Crippen LogP contribution in [0.15, 0.2) is 53.7 Å². The van der Waals surface area contributed by atoms with Gasteiger partial charge in [-0.15, -0.1) is 0 Å². The summed E-state index contributed by atoms with van der Waals surface area (Å²) in [6, 6.07) is 12.5. The van der Waals surface area contributed by atoms with Crippen LogP contribution >= 0.6 is 0 Å². The van der Waals surface area contributed by atoms with E-state index in [9.17, 15) is 18.0 Å². The number of hydrogen-bond acceptors (Lipinski definition) is 3. The predicted molar refractivity (Wildman–Crippen MR) is 108 cm³/mol. The molecule has 0 radical (unpaired) electrons. The van der Waals surface area contributed by atoms with Gasteiger partial charge in [-0.05, 0) is 37.1 Å². The van der Waals surface area contributed by atoms with E-state index in [0.29, 0.717) is 18.5 Å². The Balaban J connectivity index is 1.71. The number of nitrogens with one attached hydrogen (secondary N) is 1. The Hall–Kier alpha value is -3.03. The maximum atomic E-state index is 13.0. The summed E-state index contributed by atoms with van der Waals surface area (Å²) < 4.78 is 39.1. The van der Waals surface area contributed by atoms with Crippen LogP contribution in [-0.2, 0) is 17.6 Å². The summed E-state index contributed by atoms with van der Waals surface area (Å²) in [7, 11) is 0. The van der Waals surface area contributed by atoms with Gasteiger partial charge in [0.15, 0.2) is 6.10 Å². The molecule has 2 aromatic rings. The lowest BCUT2D eigenvalue weighted by Crippen LogP contribution is -2.43. The molecule has 1 aliphatic rings. The number of urea groups is 1. The number of halogens is 3. The highest BCUT2D eigenvalue weighted by Crippen LogP contribution is 2.30. The molecule has 0 saturated heterocycles. The lowest BCUT2D eigenvalue weighted by atomic mass is 10.0. The van der Waals surface area contributed by atoms with Crippen molar-refractivity contribution in [1.29, 1.82) is 0 Å². The number of alkyl halides is 3. The smallest absolute Gasteiger partial charge is 0.390 e. The average molecular weight is 419 g/mol. The molecular formula is C22H24F3N3O2. The van der Waals surface area contributed by atoms with Gasteiger partial charge in [-0.25, -0.2) is 4.79 Å². The van der Waals surface area contributed by atoms with Gasteiger partial charge in [0, 0.05) is 25.1 Å². The molecule has 8 heteroatoms. The van der Waals surface area contributed by atoms with Crippen LogP contribution in [-0.4, -0.2) is 35.8 Å². The summed E-state index contributed by atoms with van der Waals surface area (Å²) in [6.45, 7) is 4.43. The van der Waals surface area contributed by atoms with Gasteiger partial charge in [0.05, 0.1) is 17.8 Å². The van der Waals surface area contributed by atoms with Crippen LogP contribution < -0.4 is 5.32 Å². The first-order valence-corrected chi connectivity index (χ1v) is 9.75. The van der Waals surface area contributed by atoms with Crippen molar-refractivity contribution >= 4 is 11.7 Å². The van der Waals surface area contributed by atoms with Gasteiger partial charge in [0.1, 0.15) is 0 Å². The zero-order valence-electron chi connectivity index (χ0n) is 16.9. The highest BCUT2D eigenvalue weighted by Gasteiger charge is 2.31. The Morgan fingerprint density at radius 2 is 2.00 bits per heavy atom. The Morgan fingerprint density at radius 3 is 2.70 bits per heavy atom. The third kappa shape index (κ3) is 5.31. The fraction of sp³-hybridized carbons (Fsp3) is 0.364. The Morgan fingerprint density at radius 1 is 1.23 bits per heavy atom. The van der Waals surface area contributed by atoms with E-state index < -0.39 is 11.7 Å². The molecule has 1 aliphatic heterocycles. The molecule has 0 fully saturated rings. The predicted octanol–water partition coefficient (Wildman–Crippen LogP) is 4.74. The molecule has 3 rings (SSSR count). The summed E-state index contributed by atoms with van der Waals surface area (Å²) in [4.78, 5) is 19.5. The summed E-state index contributed by atoms with van der Waals surface area (Å²) in [6.07, 6.45) is -4.28. The van der Waals surface area contributed by atoms with Crippen molar-refractivity contribution in [2.75, 3.05) is 13.1 Å². The molecule has 1 heterocycles. The van der Waals surface area contributed by atoms with Crippen LogP contribution in [0.1, 0.15) is 35.6 Å². The number of carbonyl (C=O) groups excluding carboxylic acids is 1. The molecule has 30 heavy (non-hydrogen) atoms. The van der Waals surface area contributed by atoms with Crippen LogP contribution in [0, 0.1) is 6.92 Å². The van der Waals surface area contributed by atoms with Crippen LogP contribution in [0.3, 0.4) is 0 Å². The van der Waals surface area contributed by atoms with Gasteiger partial charge in [-0.3, -0.25) is 0 Å². The molecule has 1 N–H and O–H groups in total. The summed E-state index contributed by atoms with van der Waals surface area (Å²) >= 11 is 0. The fourth-order valence-corrected chi connectivity index (χ4v) is 3.38. The number of oxime groups is 1. The summed E-state index contributed by atoms with van der Waals surface area (Å²) in [5.74, 6) is 0. The van der Waals surface area contributed by atoms with Crippen molar-refractivity contribution in [1.82, 2.24) is 10.2 Å². The zero-order valence-corrected chi connectivity index (χ0v) is 16.9. The number of carbonyl (C=O) groups is 1. The lowest BCUT2D eigenvalue weighted by molar-refractivity contribution is -0.137. The maximum absolute atomic E-state index is 13.0. The molecule has 1 unspecified atom stereocenters. The van der Waals surface area contributed by atoms with Crippen molar-refractivity contribution in [2.45, 2.75) is 39.1 Å². The Labute approximate surface area is 173 Å². The molecule has 5 nitrogen and oxygen atoms in total. The molecule has 2 aromatic carbocycles. The van der Waals surface area contributed by atoms with E-state index in [2.05, 4.69) is 10.5 Å². The van der Waals surface area contributed by atoms with E-state index in [1.807, 2.05) is 31.2 Å². The average Bonchev–Trinajstić information content (AvgIpc) is 3.16. The van der Waals surface area contributed by atoms with Crippen molar-refractivity contribution < 1.29 is 22.8 Å². The minimum Gasteiger partial charge on any atom is -0.390 e. The Kier molecular flexibility index (Phi) is 6.64. The topological polar surface area (TPSA) is 53.9 Å². The quantitative estimate of drug-likeness (QED) is 0.736. The number of hydrogen-bond donors (Lipinski definition) is 1. The lowest BCUT2D eigenvalue weighted by Gasteiger charge is -2.25. The van der Waals surface area contributed by atoms with E-state index in [1.54, 1.807) is 13.0 Å². The SMILES string of the molecule is CCNC(=O)N(Cc1cccc(C(F)(F)F)c1)CC1CC(c2ccccc2C)=NO1. The maximum Gasteiger partial charge on any atom is 0.416 e. The normalized spacial score (nSPS) is 16.0. The monoisotopic (exact) mass is 419 g/mol. The molecule has 0 saturated carbocycles. The summed E-state index contributed by atoms with van der Waals surface area (Å²) in [5.41, 5.74) is 2.52. The van der Waals surface area contributed by atoms with Gasteiger partial charge in [0.2, 0.25) is 0 Å². The Bertz CT molecular complexity index is 928. The van der Waals surface area contributed by atoms with Gasteiger partial charge < -0.3 is 15.1 Å². The highest BCUT2D eigenvalue weighted by molar-refractivity contribution is 6.02. The van der Waals surface area contributed by atoms with E-state index in [-0.39, 0.29) is 25.2 Å². The second kappa shape index (κ2) is 9.19. The zero-order chi connectivity index (χ0) is 21.7. The number of rotatable bonds is 6. The van der Waals surface area contributed by atoms with Crippen molar-refractivity contribution in [3.05, 3.63) is 70.8 Å². The van der Waals surface area contributed by atoms with Crippen LogP contribution in [0.2, 0.25) is 0 Å². The van der Waals surface area contributed by atoms with E-state index >= 15 is 0 Å². The molecule has 0 spiro atoms. The van der Waals surface area contributed by atoms with Gasteiger partial charge in [0.25, 0.3) is 0 Å². The molecule has 160 valence electrons. The summed E-state index contributed by atoms with van der Waals surface area (Å²) in [5, 5.41) is 6.88. The third-order valence-corrected chi connectivity index (χ3v) is 4.86. The van der Waals surface area contributed by atoms with Crippen LogP contribution in [0.5, 0.6) is 0 Å². The molecule has 0 aliphatic carbocycles. The number of nitrogens with zero attached hydrogens (tertiary/aromatic N) is 2. The second-order valence-corrected chi connectivity index (χ2v) is 7.20. The standard InChI is InChI=1S/C22H24F3N3O2/c1-3-26-21(29)28(13-16-8-6-9-17(11-16)22(23,24)25)14-18-12-20(27-30-18)19-10-5-4-7-15(19)2/h4-11,18H,3,12-14H2,1-2H3,(H,26,29). The highest BCUT2D eigenvalue weighted by atomic mass is 19.4. The molecule has 1 atom stereocenters. The minimum atomic E-state index is -4.43. The first kappa shape index (κ1) is 21.7. The van der Waals surface area contributed by atoms with Gasteiger partial charge in [-0.1, -0.05) is 41.6 Å². The molecule has 0 aromatic heterocycles. The van der Waals surface area contributed by atoms with E-state index in [1.165, 1.54) is 11.0 Å². The number of benzene rings is 2. The first-order chi connectivity index (χ1) is 14.3. The van der Waals surface area contributed by atoms with E-state index in [4.69, 9.17) is 4.84 Å². The largest absolute Gasteiger partial charge is 0.416 e. The van der Waals surface area contributed by atoms with Crippen molar-refractivity contribution in [2.24, 2.45) is 5.16 Å². The minimum absolute atomic E-state index is 0.0370. The second-order valence-electron chi connectivity index (χ2n) is 7.20. The third-order valence-electron chi connectivity index (χ3n) is 4.86. The van der Waals surface area contributed by atoms with Gasteiger partial charge >= 0.3 is 12.2 Å². The van der Waals surface area contributed by atoms with E-state index in [0.717, 1.165) is 29.0 Å². The van der Waals surface area contributed by atoms with Crippen LogP contribution in [0.25, 0.3) is 0 Å². The molecule has 0 bridgehead atoms. The molecular weight excluding hydrogens is 395 g/mol. The first-order valence-electron chi connectivity index (χ1n) is 9.75. The fourth-order valence-electron chi connectivity index (χ4n) is 3.38. The molecule has 2 amide bonds. The van der Waals surface area contributed by atoms with Crippen LogP contribution in [0.4, 0.5) is 18.0 Å². The van der Waals surface area contributed by atoms with Crippen molar-refractivity contribution in [3.63, 3.8) is 0 Å². The number of amides is 2. The number of aryl methyl sites for hydroxylation is 1.